The zero-order chi connectivity index (χ0) is 19.0. The third-order valence-corrected chi connectivity index (χ3v) is 5.40. The van der Waals surface area contributed by atoms with Crippen molar-refractivity contribution < 1.29 is 14.0 Å². The van der Waals surface area contributed by atoms with Crippen molar-refractivity contribution in [2.45, 2.75) is 19.9 Å². The summed E-state index contributed by atoms with van der Waals surface area (Å²) in [4.78, 5) is 23.8. The van der Waals surface area contributed by atoms with E-state index in [1.807, 2.05) is 18.3 Å². The lowest BCUT2D eigenvalue weighted by atomic mass is 10.1. The molecule has 3 aromatic rings. The number of nitrogens with one attached hydrogen (secondary N) is 1. The molecular formula is C21H17FN2O2S. The maximum absolute atomic E-state index is 13.2. The van der Waals surface area contributed by atoms with Crippen LogP contribution < -0.4 is 5.32 Å². The minimum atomic E-state index is -0.365. The maximum atomic E-state index is 13.2. The van der Waals surface area contributed by atoms with Crippen LogP contribution in [-0.2, 0) is 17.8 Å². The van der Waals surface area contributed by atoms with Gasteiger partial charge in [0, 0.05) is 23.7 Å². The summed E-state index contributed by atoms with van der Waals surface area (Å²) in [7, 11) is 0. The fourth-order valence-corrected chi connectivity index (χ4v) is 4.01. The van der Waals surface area contributed by atoms with Crippen molar-refractivity contribution in [1.82, 2.24) is 9.88 Å². The highest BCUT2D eigenvalue weighted by molar-refractivity contribution is 8.18. The number of carbonyl (C=O) groups is 2. The first-order chi connectivity index (χ1) is 13.0. The Balaban J connectivity index is 1.83. The number of amides is 2. The van der Waals surface area contributed by atoms with Crippen LogP contribution in [0.15, 0.2) is 53.6 Å². The first-order valence-electron chi connectivity index (χ1n) is 8.65. The van der Waals surface area contributed by atoms with E-state index in [1.54, 1.807) is 18.2 Å². The van der Waals surface area contributed by atoms with Crippen molar-refractivity contribution >= 4 is 39.9 Å². The van der Waals surface area contributed by atoms with E-state index in [-0.39, 0.29) is 17.0 Å². The summed E-state index contributed by atoms with van der Waals surface area (Å²) in [6.07, 6.45) is 4.61. The van der Waals surface area contributed by atoms with Crippen LogP contribution in [0.3, 0.4) is 0 Å². The molecule has 1 aliphatic rings. The molecule has 0 bridgehead atoms. The quantitative estimate of drug-likeness (QED) is 0.667. The highest BCUT2D eigenvalue weighted by Gasteiger charge is 2.25. The van der Waals surface area contributed by atoms with Crippen molar-refractivity contribution in [3.05, 3.63) is 76.1 Å². The highest BCUT2D eigenvalue weighted by Crippen LogP contribution is 2.31. The number of rotatable bonds is 4. The highest BCUT2D eigenvalue weighted by atomic mass is 32.2. The van der Waals surface area contributed by atoms with Gasteiger partial charge in [0.15, 0.2) is 0 Å². The molecular weight excluding hydrogens is 363 g/mol. The molecule has 136 valence electrons. The van der Waals surface area contributed by atoms with Crippen molar-refractivity contribution in [2.24, 2.45) is 0 Å². The second-order valence-electron chi connectivity index (χ2n) is 6.36. The van der Waals surface area contributed by atoms with Crippen LogP contribution in [0.1, 0.15) is 23.6 Å². The number of imide groups is 1. The largest absolute Gasteiger partial charge is 0.342 e. The Labute approximate surface area is 160 Å². The molecule has 2 aromatic carbocycles. The summed E-state index contributed by atoms with van der Waals surface area (Å²) in [5.74, 6) is -0.624. The van der Waals surface area contributed by atoms with Crippen LogP contribution in [0.5, 0.6) is 0 Å². The predicted molar refractivity (Wildman–Crippen MR) is 106 cm³/mol. The third-order valence-electron chi connectivity index (χ3n) is 4.59. The molecule has 4 nitrogen and oxygen atoms in total. The number of aryl methyl sites for hydroxylation is 1. The molecule has 0 aliphatic carbocycles. The molecule has 6 heteroatoms. The Kier molecular flexibility index (Phi) is 4.58. The van der Waals surface area contributed by atoms with Crippen molar-refractivity contribution in [1.29, 1.82) is 0 Å². The monoisotopic (exact) mass is 380 g/mol. The summed E-state index contributed by atoms with van der Waals surface area (Å²) in [6.45, 7) is 2.69. The zero-order valence-corrected chi connectivity index (χ0v) is 15.5. The van der Waals surface area contributed by atoms with Gasteiger partial charge in [-0.05, 0) is 47.5 Å². The van der Waals surface area contributed by atoms with Gasteiger partial charge in [0.25, 0.3) is 11.1 Å². The molecule has 2 heterocycles. The van der Waals surface area contributed by atoms with Crippen LogP contribution in [0, 0.1) is 5.82 Å². The smallest absolute Gasteiger partial charge is 0.290 e. The summed E-state index contributed by atoms with van der Waals surface area (Å²) >= 11 is 0.912. The van der Waals surface area contributed by atoms with Crippen LogP contribution in [0.25, 0.3) is 17.0 Å². The normalized spacial score (nSPS) is 15.7. The maximum Gasteiger partial charge on any atom is 0.290 e. The zero-order valence-electron chi connectivity index (χ0n) is 14.7. The van der Waals surface area contributed by atoms with E-state index in [0.29, 0.717) is 11.4 Å². The standard InChI is InChI=1S/C21H17FN2O2S/c1-2-14-4-3-5-17-15(10-18-20(25)23-21(26)27-18)12-24(19(14)17)11-13-6-8-16(22)9-7-13/h3-10,12H,2,11H2,1H3,(H,23,25,26)/b18-10-. The number of hydrogen-bond acceptors (Lipinski definition) is 3. The number of carbonyl (C=O) groups excluding carboxylic acids is 2. The molecule has 0 spiro atoms. The lowest BCUT2D eigenvalue weighted by molar-refractivity contribution is -0.115. The molecule has 27 heavy (non-hydrogen) atoms. The Hall–Kier alpha value is -2.86. The lowest BCUT2D eigenvalue weighted by Crippen LogP contribution is -2.17. The second-order valence-corrected chi connectivity index (χ2v) is 7.37. The van der Waals surface area contributed by atoms with Gasteiger partial charge in [-0.25, -0.2) is 4.39 Å². The van der Waals surface area contributed by atoms with Gasteiger partial charge >= 0.3 is 0 Å². The van der Waals surface area contributed by atoms with Crippen LogP contribution in [0.4, 0.5) is 9.18 Å². The molecule has 1 saturated heterocycles. The topological polar surface area (TPSA) is 51.1 Å². The van der Waals surface area contributed by atoms with Gasteiger partial charge in [0.1, 0.15) is 5.82 Å². The molecule has 4 rings (SSSR count). The molecule has 0 atom stereocenters. The number of fused-ring (bicyclic) bond motifs is 1. The summed E-state index contributed by atoms with van der Waals surface area (Å²) in [5.41, 5.74) is 4.15. The molecule has 2 amide bonds. The Bertz CT molecular complexity index is 1080. The number of aromatic nitrogens is 1. The van der Waals surface area contributed by atoms with Gasteiger partial charge in [-0.15, -0.1) is 0 Å². The number of halogens is 1. The van der Waals surface area contributed by atoms with Crippen LogP contribution in [0.2, 0.25) is 0 Å². The summed E-state index contributed by atoms with van der Waals surface area (Å²) in [5, 5.41) is 2.96. The van der Waals surface area contributed by atoms with E-state index in [9.17, 15) is 14.0 Å². The average Bonchev–Trinajstić information content (AvgIpc) is 3.16. The molecule has 0 saturated carbocycles. The Morgan fingerprint density at radius 2 is 1.93 bits per heavy atom. The lowest BCUT2D eigenvalue weighted by Gasteiger charge is -2.09. The predicted octanol–water partition coefficient (Wildman–Crippen LogP) is 4.72. The number of para-hydroxylation sites is 1. The van der Waals surface area contributed by atoms with E-state index in [1.165, 1.54) is 17.7 Å². The van der Waals surface area contributed by atoms with Crippen molar-refractivity contribution in [3.63, 3.8) is 0 Å². The van der Waals surface area contributed by atoms with E-state index in [2.05, 4.69) is 22.9 Å². The molecule has 1 N–H and O–H groups in total. The van der Waals surface area contributed by atoms with E-state index in [4.69, 9.17) is 0 Å². The van der Waals surface area contributed by atoms with E-state index < -0.39 is 0 Å². The van der Waals surface area contributed by atoms with Gasteiger partial charge in [0.2, 0.25) is 0 Å². The van der Waals surface area contributed by atoms with Crippen LogP contribution in [-0.4, -0.2) is 15.7 Å². The number of benzene rings is 2. The van der Waals surface area contributed by atoms with Crippen molar-refractivity contribution in [2.75, 3.05) is 0 Å². The van der Waals surface area contributed by atoms with Gasteiger partial charge in [-0.2, -0.15) is 0 Å². The van der Waals surface area contributed by atoms with E-state index >= 15 is 0 Å². The minimum Gasteiger partial charge on any atom is -0.342 e. The molecule has 1 fully saturated rings. The molecule has 0 unspecified atom stereocenters. The summed E-state index contributed by atoms with van der Waals surface area (Å²) < 4.78 is 15.3. The second kappa shape index (κ2) is 7.04. The van der Waals surface area contributed by atoms with Crippen LogP contribution >= 0.6 is 11.8 Å². The van der Waals surface area contributed by atoms with Gasteiger partial charge in [-0.1, -0.05) is 37.3 Å². The Morgan fingerprint density at radius 1 is 1.15 bits per heavy atom. The SMILES string of the molecule is CCc1cccc2c(/C=C3\SC(=O)NC3=O)cn(Cc3ccc(F)cc3)c12. The Morgan fingerprint density at radius 3 is 2.59 bits per heavy atom. The molecule has 1 aliphatic heterocycles. The first kappa shape index (κ1) is 17.5. The van der Waals surface area contributed by atoms with Gasteiger partial charge < -0.3 is 4.57 Å². The van der Waals surface area contributed by atoms with Gasteiger partial charge in [0.05, 0.1) is 10.4 Å². The van der Waals surface area contributed by atoms with Crippen molar-refractivity contribution in [3.8, 4) is 0 Å². The number of thioether (sulfide) groups is 1. The fraction of sp³-hybridized carbons (Fsp3) is 0.143. The third kappa shape index (κ3) is 3.40. The molecule has 0 radical (unpaired) electrons. The minimum absolute atomic E-state index is 0.260. The summed E-state index contributed by atoms with van der Waals surface area (Å²) in [6, 6.07) is 12.5. The number of hydrogen-bond donors (Lipinski definition) is 1. The fourth-order valence-electron chi connectivity index (χ4n) is 3.34. The number of nitrogens with zero attached hydrogens (tertiary/aromatic N) is 1. The van der Waals surface area contributed by atoms with Gasteiger partial charge in [-0.3, -0.25) is 14.9 Å². The van der Waals surface area contributed by atoms with E-state index in [0.717, 1.165) is 40.2 Å². The average molecular weight is 380 g/mol. The first-order valence-corrected chi connectivity index (χ1v) is 9.47. The molecule has 1 aromatic heterocycles.